The molecule has 1 amide bonds. The zero-order chi connectivity index (χ0) is 5.98. The molecule has 44 valence electrons. The van der Waals surface area contributed by atoms with Crippen molar-refractivity contribution in [2.24, 2.45) is 0 Å². The van der Waals surface area contributed by atoms with E-state index >= 15 is 0 Å². The zero-order valence-corrected chi connectivity index (χ0v) is 4.44. The lowest BCUT2D eigenvalue weighted by Crippen LogP contribution is -2.34. The molecule has 0 aromatic heterocycles. The van der Waals surface area contributed by atoms with E-state index in [4.69, 9.17) is 0 Å². The summed E-state index contributed by atoms with van der Waals surface area (Å²) in [7, 11) is 0. The first-order valence-corrected chi connectivity index (χ1v) is 2.57. The van der Waals surface area contributed by atoms with Crippen molar-refractivity contribution in [2.75, 3.05) is 6.54 Å². The van der Waals surface area contributed by atoms with Crippen LogP contribution in [-0.4, -0.2) is 18.2 Å². The maximum absolute atomic E-state index is 10.4. The van der Waals surface area contributed by atoms with E-state index in [1.165, 1.54) is 0 Å². The topological polar surface area (TPSA) is 46.2 Å². The van der Waals surface area contributed by atoms with Gasteiger partial charge in [-0.15, -0.1) is 0 Å². The molecule has 3 heteroatoms. The number of Topliss-reactive ketones (excluding diaryl/α,β-unsaturated/α-hetero) is 1. The van der Waals surface area contributed by atoms with Gasteiger partial charge in [0.25, 0.3) is 0 Å². The highest BCUT2D eigenvalue weighted by Crippen LogP contribution is 1.95. The van der Waals surface area contributed by atoms with Crippen molar-refractivity contribution in [2.45, 2.75) is 12.8 Å². The van der Waals surface area contributed by atoms with Crippen molar-refractivity contribution in [3.8, 4) is 0 Å². The summed E-state index contributed by atoms with van der Waals surface area (Å²) in [4.78, 5) is 20.7. The van der Waals surface area contributed by atoms with Crippen LogP contribution in [0.15, 0.2) is 0 Å². The Bertz CT molecular complexity index is 102. The van der Waals surface area contributed by atoms with Crippen LogP contribution in [0.5, 0.6) is 0 Å². The summed E-state index contributed by atoms with van der Waals surface area (Å²) in [5.74, 6) is 0.120. The van der Waals surface area contributed by atoms with Crippen molar-refractivity contribution in [1.29, 1.82) is 0 Å². The van der Waals surface area contributed by atoms with Crippen LogP contribution in [0.4, 0.5) is 0 Å². The summed E-state index contributed by atoms with van der Waals surface area (Å²) in [5.41, 5.74) is 0. The van der Waals surface area contributed by atoms with E-state index in [2.05, 4.69) is 5.32 Å². The van der Waals surface area contributed by atoms with Crippen LogP contribution in [0.3, 0.4) is 0 Å². The molecule has 0 radical (unpaired) electrons. The standard InChI is InChI=1S/C5H7NO2/c7-4-1-2-5(8)6-3-4/h1-3H2,(H,6,8). The number of rotatable bonds is 0. The van der Waals surface area contributed by atoms with Gasteiger partial charge in [-0.05, 0) is 0 Å². The minimum Gasteiger partial charge on any atom is -0.349 e. The van der Waals surface area contributed by atoms with Gasteiger partial charge >= 0.3 is 0 Å². The average Bonchev–Trinajstić information content (AvgIpc) is 1.77. The zero-order valence-electron chi connectivity index (χ0n) is 4.44. The van der Waals surface area contributed by atoms with Gasteiger partial charge in [-0.3, -0.25) is 9.59 Å². The molecule has 1 N–H and O–H groups in total. The van der Waals surface area contributed by atoms with E-state index in [0.717, 1.165) is 0 Å². The molecule has 1 aliphatic rings. The van der Waals surface area contributed by atoms with Gasteiger partial charge in [-0.2, -0.15) is 0 Å². The van der Waals surface area contributed by atoms with E-state index in [0.29, 0.717) is 12.8 Å². The van der Waals surface area contributed by atoms with E-state index in [9.17, 15) is 9.59 Å². The first-order chi connectivity index (χ1) is 3.79. The Balaban J connectivity index is 2.40. The number of piperidine rings is 1. The van der Waals surface area contributed by atoms with Gasteiger partial charge in [-0.25, -0.2) is 0 Å². The minimum atomic E-state index is -0.00963. The van der Waals surface area contributed by atoms with Gasteiger partial charge in [0.05, 0.1) is 6.54 Å². The third-order valence-electron chi connectivity index (χ3n) is 1.11. The van der Waals surface area contributed by atoms with E-state index in [-0.39, 0.29) is 18.2 Å². The molecule has 0 saturated carbocycles. The quantitative estimate of drug-likeness (QED) is 0.459. The van der Waals surface area contributed by atoms with Gasteiger partial charge < -0.3 is 5.32 Å². The number of nitrogens with one attached hydrogen (secondary N) is 1. The monoisotopic (exact) mass is 113 g/mol. The Hall–Kier alpha value is -0.860. The fourth-order valence-corrected chi connectivity index (χ4v) is 0.627. The first kappa shape index (κ1) is 5.28. The lowest BCUT2D eigenvalue weighted by atomic mass is 10.1. The van der Waals surface area contributed by atoms with Gasteiger partial charge in [0, 0.05) is 12.8 Å². The second kappa shape index (κ2) is 1.94. The van der Waals surface area contributed by atoms with E-state index in [1.54, 1.807) is 0 Å². The molecule has 0 aromatic carbocycles. The second-order valence-electron chi connectivity index (χ2n) is 1.82. The van der Waals surface area contributed by atoms with Crippen LogP contribution in [0.1, 0.15) is 12.8 Å². The Morgan fingerprint density at radius 2 is 2.00 bits per heavy atom. The fraction of sp³-hybridized carbons (Fsp3) is 0.600. The molecule has 0 aromatic rings. The van der Waals surface area contributed by atoms with Crippen LogP contribution in [0, 0.1) is 0 Å². The van der Waals surface area contributed by atoms with Gasteiger partial charge in [-0.1, -0.05) is 0 Å². The highest BCUT2D eigenvalue weighted by atomic mass is 16.2. The second-order valence-corrected chi connectivity index (χ2v) is 1.82. The highest BCUT2D eigenvalue weighted by Gasteiger charge is 2.12. The summed E-state index contributed by atoms with van der Waals surface area (Å²) in [6.07, 6.45) is 0.796. The van der Waals surface area contributed by atoms with Crippen molar-refractivity contribution in [3.63, 3.8) is 0 Å². The Morgan fingerprint density at radius 1 is 1.25 bits per heavy atom. The summed E-state index contributed by atoms with van der Waals surface area (Å²) < 4.78 is 0. The lowest BCUT2D eigenvalue weighted by molar-refractivity contribution is -0.129. The van der Waals surface area contributed by atoms with Crippen LogP contribution < -0.4 is 5.32 Å². The molecule has 0 bridgehead atoms. The molecule has 0 spiro atoms. The van der Waals surface area contributed by atoms with Crippen LogP contribution >= 0.6 is 0 Å². The Labute approximate surface area is 47.1 Å². The molecule has 1 rings (SSSR count). The Kier molecular flexibility index (Phi) is 1.28. The molecule has 0 atom stereocenters. The van der Waals surface area contributed by atoms with Crippen molar-refractivity contribution >= 4 is 11.7 Å². The molecule has 0 aliphatic carbocycles. The molecular weight excluding hydrogens is 106 g/mol. The van der Waals surface area contributed by atoms with Crippen LogP contribution in [0.25, 0.3) is 0 Å². The summed E-state index contributed by atoms with van der Waals surface area (Å²) in [5, 5.41) is 2.44. The fourth-order valence-electron chi connectivity index (χ4n) is 0.627. The van der Waals surface area contributed by atoms with Crippen LogP contribution in [-0.2, 0) is 9.59 Å². The number of hydrogen-bond acceptors (Lipinski definition) is 2. The molecular formula is C5H7NO2. The van der Waals surface area contributed by atoms with Crippen molar-refractivity contribution < 1.29 is 9.59 Å². The summed E-state index contributed by atoms with van der Waals surface area (Å²) in [6.45, 7) is 0.235. The third-order valence-corrected chi connectivity index (χ3v) is 1.11. The van der Waals surface area contributed by atoms with Gasteiger partial charge in [0.15, 0.2) is 5.78 Å². The molecule has 0 unspecified atom stereocenters. The van der Waals surface area contributed by atoms with Crippen molar-refractivity contribution in [1.82, 2.24) is 5.32 Å². The third kappa shape index (κ3) is 1.05. The van der Waals surface area contributed by atoms with E-state index < -0.39 is 0 Å². The number of hydrogen-bond donors (Lipinski definition) is 1. The molecule has 1 aliphatic heterocycles. The van der Waals surface area contributed by atoms with Gasteiger partial charge in [0.2, 0.25) is 5.91 Å². The highest BCUT2D eigenvalue weighted by molar-refractivity contribution is 5.92. The maximum atomic E-state index is 10.4. The molecule has 8 heavy (non-hydrogen) atoms. The molecule has 1 saturated heterocycles. The first-order valence-electron chi connectivity index (χ1n) is 2.57. The smallest absolute Gasteiger partial charge is 0.220 e. The normalized spacial score (nSPS) is 20.5. The average molecular weight is 113 g/mol. The Morgan fingerprint density at radius 3 is 2.38 bits per heavy atom. The van der Waals surface area contributed by atoms with E-state index in [1.807, 2.05) is 0 Å². The predicted octanol–water partition coefficient (Wildman–Crippen LogP) is -0.534. The minimum absolute atomic E-state index is 0.00963. The molecule has 1 heterocycles. The summed E-state index contributed by atoms with van der Waals surface area (Å²) in [6, 6.07) is 0. The molecule has 1 fully saturated rings. The molecule has 3 nitrogen and oxygen atoms in total. The van der Waals surface area contributed by atoms with Gasteiger partial charge in [0.1, 0.15) is 0 Å². The lowest BCUT2D eigenvalue weighted by Gasteiger charge is -2.08. The number of amides is 1. The maximum Gasteiger partial charge on any atom is 0.220 e. The van der Waals surface area contributed by atoms with Crippen LogP contribution in [0.2, 0.25) is 0 Å². The largest absolute Gasteiger partial charge is 0.349 e. The van der Waals surface area contributed by atoms with Crippen molar-refractivity contribution in [3.05, 3.63) is 0 Å². The summed E-state index contributed by atoms with van der Waals surface area (Å²) >= 11 is 0. The SMILES string of the molecule is O=C1CCC(=O)NC1. The number of carbonyl (C=O) groups is 2. The number of ketones is 1. The predicted molar refractivity (Wildman–Crippen MR) is 27.3 cm³/mol. The number of carbonyl (C=O) groups excluding carboxylic acids is 2.